The minimum absolute atomic E-state index is 0.0113. The molecule has 3 fully saturated rings. The van der Waals surface area contributed by atoms with Crippen molar-refractivity contribution in [3.05, 3.63) is 41.6 Å². The third-order valence-electron chi connectivity index (χ3n) is 8.28. The number of ether oxygens (including phenoxy) is 1. The van der Waals surface area contributed by atoms with Crippen LogP contribution in [0.25, 0.3) is 11.3 Å². The lowest BCUT2D eigenvalue weighted by Gasteiger charge is -2.29. The van der Waals surface area contributed by atoms with Crippen LogP contribution in [-0.2, 0) is 15.7 Å². The van der Waals surface area contributed by atoms with Gasteiger partial charge in [-0.1, -0.05) is 31.0 Å². The summed E-state index contributed by atoms with van der Waals surface area (Å²) in [5, 5.41) is 10.6. The molecule has 3 aliphatic rings. The highest BCUT2D eigenvalue weighted by molar-refractivity contribution is 5.94. The van der Waals surface area contributed by atoms with Gasteiger partial charge in [-0.2, -0.15) is 18.3 Å². The van der Waals surface area contributed by atoms with E-state index in [9.17, 15) is 22.8 Å². The zero-order valence-electron chi connectivity index (χ0n) is 22.7. The number of morpholine rings is 1. The van der Waals surface area contributed by atoms with Crippen molar-refractivity contribution in [2.75, 3.05) is 32.8 Å². The van der Waals surface area contributed by atoms with Crippen molar-refractivity contribution in [3.63, 3.8) is 0 Å². The highest BCUT2D eigenvalue weighted by Crippen LogP contribution is 2.40. The number of alkyl halides is 3. The fourth-order valence-electron chi connectivity index (χ4n) is 5.80. The second-order valence-electron chi connectivity index (χ2n) is 11.2. The van der Waals surface area contributed by atoms with Gasteiger partial charge in [0.1, 0.15) is 0 Å². The molecule has 1 aliphatic heterocycles. The first kappa shape index (κ1) is 28.6. The van der Waals surface area contributed by atoms with E-state index in [0.29, 0.717) is 26.2 Å². The molecule has 1 unspecified atom stereocenters. The van der Waals surface area contributed by atoms with Crippen LogP contribution in [0.5, 0.6) is 0 Å². The number of hydrogen-bond acceptors (Lipinski definition) is 5. The maximum atomic E-state index is 13.9. The molecule has 218 valence electrons. The molecular weight excluding hydrogens is 523 g/mol. The Bertz CT molecular complexity index is 1170. The molecule has 0 radical (unpaired) electrons. The van der Waals surface area contributed by atoms with Gasteiger partial charge in [0.2, 0.25) is 5.91 Å². The number of aromatic nitrogens is 2. The van der Waals surface area contributed by atoms with Crippen LogP contribution in [0.15, 0.2) is 30.3 Å². The van der Waals surface area contributed by atoms with Crippen molar-refractivity contribution < 1.29 is 27.5 Å². The van der Waals surface area contributed by atoms with E-state index >= 15 is 0 Å². The number of halogens is 3. The lowest BCUT2D eigenvalue weighted by molar-refractivity contribution is -0.137. The fraction of sp³-hybridized carbons (Fsp3) is 0.621. The Labute approximate surface area is 232 Å². The van der Waals surface area contributed by atoms with E-state index < -0.39 is 23.7 Å². The van der Waals surface area contributed by atoms with E-state index in [2.05, 4.69) is 20.6 Å². The van der Waals surface area contributed by atoms with Crippen molar-refractivity contribution in [1.82, 2.24) is 25.3 Å². The molecule has 11 heteroatoms. The fourth-order valence-corrected chi connectivity index (χ4v) is 5.80. The summed E-state index contributed by atoms with van der Waals surface area (Å²) in [7, 11) is 0. The molecule has 2 aromatic rings. The van der Waals surface area contributed by atoms with Crippen LogP contribution in [0.3, 0.4) is 0 Å². The van der Waals surface area contributed by atoms with E-state index in [1.165, 1.54) is 18.2 Å². The lowest BCUT2D eigenvalue weighted by Crippen LogP contribution is -2.46. The van der Waals surface area contributed by atoms with Crippen molar-refractivity contribution >= 4 is 11.8 Å². The minimum Gasteiger partial charge on any atom is -0.379 e. The van der Waals surface area contributed by atoms with Crippen molar-refractivity contribution in [1.29, 1.82) is 0 Å². The maximum absolute atomic E-state index is 13.9. The van der Waals surface area contributed by atoms with Crippen LogP contribution < -0.4 is 10.6 Å². The quantitative estimate of drug-likeness (QED) is 0.444. The Morgan fingerprint density at radius 2 is 1.77 bits per heavy atom. The Kier molecular flexibility index (Phi) is 9.10. The van der Waals surface area contributed by atoms with Crippen LogP contribution in [0.1, 0.15) is 79.9 Å². The SMILES string of the molecule is O=C(CC(CCN1CCOCC1)NC(=O)c1cc(-c2ccccc2C(F)(F)F)n(C2CCCC2)n1)NC1CCC1. The average Bonchev–Trinajstić information content (AvgIpc) is 3.60. The predicted octanol–water partition coefficient (Wildman–Crippen LogP) is 4.56. The van der Waals surface area contributed by atoms with Gasteiger partial charge < -0.3 is 15.4 Å². The maximum Gasteiger partial charge on any atom is 0.417 e. The number of nitrogens with one attached hydrogen (secondary N) is 2. The zero-order valence-corrected chi connectivity index (χ0v) is 22.7. The number of hydrogen-bond donors (Lipinski definition) is 2. The van der Waals surface area contributed by atoms with E-state index in [4.69, 9.17) is 4.74 Å². The molecule has 5 rings (SSSR count). The molecule has 8 nitrogen and oxygen atoms in total. The molecule has 1 aromatic carbocycles. The Hall–Kier alpha value is -2.92. The molecule has 2 aliphatic carbocycles. The normalized spacial score (nSPS) is 19.8. The molecule has 2 N–H and O–H groups in total. The molecule has 40 heavy (non-hydrogen) atoms. The number of benzene rings is 1. The summed E-state index contributed by atoms with van der Waals surface area (Å²) in [5.41, 5.74) is -0.387. The molecule has 2 saturated carbocycles. The first-order valence-electron chi connectivity index (χ1n) is 14.4. The van der Waals surface area contributed by atoms with E-state index in [1.807, 2.05) is 0 Å². The predicted molar refractivity (Wildman–Crippen MR) is 144 cm³/mol. The molecule has 2 amide bonds. The summed E-state index contributed by atoms with van der Waals surface area (Å²) in [6.07, 6.45) is 2.73. The van der Waals surface area contributed by atoms with Crippen molar-refractivity contribution in [3.8, 4) is 11.3 Å². The van der Waals surface area contributed by atoms with Crippen molar-refractivity contribution in [2.45, 2.75) is 82.1 Å². The monoisotopic (exact) mass is 561 g/mol. The van der Waals surface area contributed by atoms with Gasteiger partial charge in [0.25, 0.3) is 5.91 Å². The van der Waals surface area contributed by atoms with Crippen LogP contribution >= 0.6 is 0 Å². The minimum atomic E-state index is -4.54. The van der Waals surface area contributed by atoms with Gasteiger partial charge in [-0.15, -0.1) is 0 Å². The van der Waals surface area contributed by atoms with Crippen LogP contribution in [0.4, 0.5) is 13.2 Å². The van der Waals surface area contributed by atoms with Crippen LogP contribution in [0.2, 0.25) is 0 Å². The van der Waals surface area contributed by atoms with Gasteiger partial charge in [0, 0.05) is 43.7 Å². The molecule has 2 heterocycles. The van der Waals surface area contributed by atoms with Gasteiger partial charge in [0.05, 0.1) is 30.5 Å². The molecule has 1 aromatic heterocycles. The molecular formula is C29H38F3N5O3. The van der Waals surface area contributed by atoms with Crippen LogP contribution in [-0.4, -0.2) is 71.4 Å². The molecule has 1 saturated heterocycles. The second kappa shape index (κ2) is 12.7. The topological polar surface area (TPSA) is 88.5 Å². The summed E-state index contributed by atoms with van der Waals surface area (Å²) in [6.45, 7) is 3.59. The van der Waals surface area contributed by atoms with Crippen LogP contribution in [0, 0.1) is 0 Å². The van der Waals surface area contributed by atoms with E-state index in [0.717, 1.165) is 64.1 Å². The summed E-state index contributed by atoms with van der Waals surface area (Å²) in [5.74, 6) is -0.584. The lowest BCUT2D eigenvalue weighted by atomic mass is 9.93. The van der Waals surface area contributed by atoms with Crippen molar-refractivity contribution in [2.24, 2.45) is 0 Å². The number of carbonyl (C=O) groups excluding carboxylic acids is 2. The average molecular weight is 562 g/mol. The Morgan fingerprint density at radius 3 is 2.45 bits per heavy atom. The Morgan fingerprint density at radius 1 is 1.05 bits per heavy atom. The van der Waals surface area contributed by atoms with E-state index in [1.54, 1.807) is 10.7 Å². The Balaban J connectivity index is 1.37. The van der Waals surface area contributed by atoms with E-state index in [-0.39, 0.29) is 41.4 Å². The highest BCUT2D eigenvalue weighted by Gasteiger charge is 2.35. The summed E-state index contributed by atoms with van der Waals surface area (Å²) < 4.78 is 48.7. The third kappa shape index (κ3) is 7.04. The van der Waals surface area contributed by atoms with Gasteiger partial charge in [-0.25, -0.2) is 0 Å². The second-order valence-corrected chi connectivity index (χ2v) is 11.2. The number of nitrogens with zero attached hydrogens (tertiary/aromatic N) is 3. The third-order valence-corrected chi connectivity index (χ3v) is 8.28. The zero-order chi connectivity index (χ0) is 28.1. The van der Waals surface area contributed by atoms with Gasteiger partial charge >= 0.3 is 6.18 Å². The number of carbonyl (C=O) groups is 2. The molecule has 1 atom stereocenters. The first-order chi connectivity index (χ1) is 19.3. The smallest absolute Gasteiger partial charge is 0.379 e. The summed E-state index contributed by atoms with van der Waals surface area (Å²) in [4.78, 5) is 28.5. The van der Waals surface area contributed by atoms with Gasteiger partial charge in [-0.3, -0.25) is 19.2 Å². The summed E-state index contributed by atoms with van der Waals surface area (Å²) >= 11 is 0. The first-order valence-corrected chi connectivity index (χ1v) is 14.4. The van der Waals surface area contributed by atoms with Gasteiger partial charge in [-0.05, 0) is 50.7 Å². The van der Waals surface area contributed by atoms with Gasteiger partial charge in [0.15, 0.2) is 5.69 Å². The number of amides is 2. The molecule has 0 spiro atoms. The largest absolute Gasteiger partial charge is 0.417 e. The number of rotatable bonds is 10. The standard InChI is InChI=1S/C29H38F3N5O3/c30-29(31,32)24-11-4-3-10-23(24)26-19-25(35-37(26)22-8-1-2-9-22)28(39)34-21(12-13-36-14-16-40-17-15-36)18-27(38)33-20-6-5-7-20/h3-4,10-11,19-22H,1-2,5-9,12-18H2,(H,33,38)(H,34,39). The highest BCUT2D eigenvalue weighted by atomic mass is 19.4. The summed E-state index contributed by atoms with van der Waals surface area (Å²) in [6, 6.07) is 6.59. The molecule has 0 bridgehead atoms.